The zero-order valence-electron chi connectivity index (χ0n) is 21.4. The molecule has 0 bridgehead atoms. The van der Waals surface area contributed by atoms with Crippen LogP contribution in [-0.2, 0) is 28.9 Å². The Morgan fingerprint density at radius 1 is 1.00 bits per heavy atom. The van der Waals surface area contributed by atoms with Crippen molar-refractivity contribution in [2.45, 2.75) is 38.6 Å². The molecular formula is C31H38N2O3. The van der Waals surface area contributed by atoms with Crippen LogP contribution in [0.1, 0.15) is 36.0 Å². The van der Waals surface area contributed by atoms with E-state index in [1.54, 1.807) is 7.11 Å². The van der Waals surface area contributed by atoms with Crippen LogP contribution in [0.5, 0.6) is 5.75 Å². The molecule has 5 nitrogen and oxygen atoms in total. The van der Waals surface area contributed by atoms with E-state index in [1.165, 1.54) is 40.3 Å². The van der Waals surface area contributed by atoms with Crippen molar-refractivity contribution in [2.75, 3.05) is 40.0 Å². The first-order chi connectivity index (χ1) is 17.7. The molecule has 0 radical (unpaired) electrons. The van der Waals surface area contributed by atoms with Gasteiger partial charge in [-0.25, -0.2) is 0 Å². The number of nitrogens with one attached hydrogen (secondary N) is 1. The van der Waals surface area contributed by atoms with Crippen LogP contribution in [0.15, 0.2) is 60.7 Å². The minimum Gasteiger partial charge on any atom is -0.493 e. The van der Waals surface area contributed by atoms with Gasteiger partial charge in [-0.3, -0.25) is 9.69 Å². The third-order valence-electron chi connectivity index (χ3n) is 7.58. The molecule has 5 rings (SSSR count). The minimum atomic E-state index is -0.0321. The maximum absolute atomic E-state index is 13.1. The van der Waals surface area contributed by atoms with Crippen molar-refractivity contribution >= 4 is 16.7 Å². The topological polar surface area (TPSA) is 50.8 Å². The molecule has 1 aliphatic heterocycles. The Morgan fingerprint density at radius 2 is 1.86 bits per heavy atom. The van der Waals surface area contributed by atoms with Gasteiger partial charge < -0.3 is 14.8 Å². The zero-order valence-corrected chi connectivity index (χ0v) is 21.4. The number of methoxy groups -OCH3 is 1. The number of carbonyl (C=O) groups excluding carboxylic acids is 1. The molecule has 1 saturated heterocycles. The summed E-state index contributed by atoms with van der Waals surface area (Å²) in [6, 6.07) is 21.7. The predicted molar refractivity (Wildman–Crippen MR) is 144 cm³/mol. The average Bonchev–Trinajstić information content (AvgIpc) is 3.38. The molecule has 0 aromatic heterocycles. The van der Waals surface area contributed by atoms with Crippen molar-refractivity contribution in [3.8, 4) is 5.75 Å². The summed E-state index contributed by atoms with van der Waals surface area (Å²) in [6.07, 6.45) is 5.27. The lowest BCUT2D eigenvalue weighted by molar-refractivity contribution is -0.127. The summed E-state index contributed by atoms with van der Waals surface area (Å²) in [7, 11) is 1.69. The maximum atomic E-state index is 13.1. The van der Waals surface area contributed by atoms with Gasteiger partial charge in [0.25, 0.3) is 0 Å². The molecule has 36 heavy (non-hydrogen) atoms. The van der Waals surface area contributed by atoms with Crippen LogP contribution in [0.3, 0.4) is 0 Å². The Balaban J connectivity index is 1.25. The number of likely N-dealkylation sites (tertiary alicyclic amines) is 1. The van der Waals surface area contributed by atoms with Crippen molar-refractivity contribution < 1.29 is 14.3 Å². The molecule has 3 aromatic carbocycles. The minimum absolute atomic E-state index is 0.0321. The van der Waals surface area contributed by atoms with Crippen LogP contribution in [-0.4, -0.2) is 50.8 Å². The predicted octanol–water partition coefficient (Wildman–Crippen LogP) is 5.00. The fourth-order valence-electron chi connectivity index (χ4n) is 5.76. The second-order valence-electron chi connectivity index (χ2n) is 10.4. The van der Waals surface area contributed by atoms with Crippen LogP contribution in [0.4, 0.5) is 0 Å². The summed E-state index contributed by atoms with van der Waals surface area (Å²) in [6.45, 7) is 4.51. The lowest BCUT2D eigenvalue weighted by Gasteiger charge is -2.37. The highest BCUT2D eigenvalue weighted by Gasteiger charge is 2.32. The van der Waals surface area contributed by atoms with E-state index < -0.39 is 0 Å². The number of benzene rings is 3. The van der Waals surface area contributed by atoms with Gasteiger partial charge in [0.05, 0.1) is 12.5 Å². The summed E-state index contributed by atoms with van der Waals surface area (Å²) in [5.74, 6) is 1.39. The molecule has 1 N–H and O–H groups in total. The van der Waals surface area contributed by atoms with Crippen molar-refractivity contribution in [3.63, 3.8) is 0 Å². The fourth-order valence-corrected chi connectivity index (χ4v) is 5.76. The smallest absolute Gasteiger partial charge is 0.224 e. The van der Waals surface area contributed by atoms with Crippen molar-refractivity contribution in [1.82, 2.24) is 10.2 Å². The van der Waals surface area contributed by atoms with Gasteiger partial charge in [-0.15, -0.1) is 0 Å². The maximum Gasteiger partial charge on any atom is 0.224 e. The number of hydrogen-bond donors (Lipinski definition) is 1. The summed E-state index contributed by atoms with van der Waals surface area (Å²) < 4.78 is 11.4. The van der Waals surface area contributed by atoms with E-state index >= 15 is 0 Å². The van der Waals surface area contributed by atoms with Crippen molar-refractivity contribution in [2.24, 2.45) is 11.8 Å². The van der Waals surface area contributed by atoms with E-state index in [2.05, 4.69) is 70.9 Å². The highest BCUT2D eigenvalue weighted by molar-refractivity contribution is 5.83. The summed E-state index contributed by atoms with van der Waals surface area (Å²) in [4.78, 5) is 15.5. The largest absolute Gasteiger partial charge is 0.493 e. The van der Waals surface area contributed by atoms with Gasteiger partial charge in [-0.2, -0.15) is 0 Å². The number of rotatable bonds is 10. The average molecular weight is 487 g/mol. The molecule has 1 heterocycles. The summed E-state index contributed by atoms with van der Waals surface area (Å²) in [5.41, 5.74) is 4.18. The monoisotopic (exact) mass is 486 g/mol. The first kappa shape index (κ1) is 24.8. The first-order valence-electron chi connectivity index (χ1n) is 13.4. The van der Waals surface area contributed by atoms with Crippen LogP contribution in [0.2, 0.25) is 0 Å². The van der Waals surface area contributed by atoms with E-state index in [1.807, 2.05) is 0 Å². The van der Waals surface area contributed by atoms with Crippen LogP contribution < -0.4 is 10.1 Å². The van der Waals surface area contributed by atoms with E-state index in [0.29, 0.717) is 25.7 Å². The number of piperidine rings is 1. The number of nitrogens with zero attached hydrogens (tertiary/aromatic N) is 1. The molecule has 1 aliphatic carbocycles. The number of fused-ring (bicyclic) bond motifs is 2. The molecule has 2 aliphatic rings. The second kappa shape index (κ2) is 11.9. The quantitative estimate of drug-likeness (QED) is 0.410. The number of amides is 1. The third-order valence-corrected chi connectivity index (χ3v) is 7.58. The molecule has 0 unspecified atom stereocenters. The van der Waals surface area contributed by atoms with Gasteiger partial charge in [-0.1, -0.05) is 42.5 Å². The SMILES string of the molecule is COCCCNC(=O)[C@@H]1C[C@H](COc2ccc3c(c2)CCC3)CN(Cc2ccc3ccccc3c2)C1. The Morgan fingerprint density at radius 3 is 2.75 bits per heavy atom. The van der Waals surface area contributed by atoms with Crippen molar-refractivity contribution in [3.05, 3.63) is 77.4 Å². The van der Waals surface area contributed by atoms with Crippen LogP contribution in [0.25, 0.3) is 10.8 Å². The number of ether oxygens (including phenoxy) is 2. The van der Waals surface area contributed by atoms with E-state index in [-0.39, 0.29) is 11.8 Å². The first-order valence-corrected chi connectivity index (χ1v) is 13.4. The van der Waals surface area contributed by atoms with Gasteiger partial charge in [0.15, 0.2) is 0 Å². The van der Waals surface area contributed by atoms with Crippen molar-refractivity contribution in [1.29, 1.82) is 0 Å². The Bertz CT molecular complexity index is 1180. The molecule has 1 fully saturated rings. The highest BCUT2D eigenvalue weighted by atomic mass is 16.5. The standard InChI is InChI=1S/C31H38N2O3/c1-35-15-5-14-32-31(34)29-17-24(22-36-30-13-12-26-8-4-9-28(26)18-30)20-33(21-29)19-23-10-11-25-6-2-3-7-27(25)16-23/h2-3,6-7,10-13,16,18,24,29H,4-5,8-9,14-15,17,19-22H2,1H3,(H,32,34)/t24-,29+/m0/s1. The third kappa shape index (κ3) is 6.26. The zero-order chi connectivity index (χ0) is 24.7. The van der Waals surface area contributed by atoms with Crippen LogP contribution in [0, 0.1) is 11.8 Å². The Labute approximate surface area is 214 Å². The molecule has 190 valence electrons. The van der Waals surface area contributed by atoms with Gasteiger partial charge in [0, 0.05) is 45.8 Å². The molecular weight excluding hydrogens is 448 g/mol. The number of aryl methyl sites for hydroxylation is 2. The van der Waals surface area contributed by atoms with Crippen LogP contribution >= 0.6 is 0 Å². The highest BCUT2D eigenvalue weighted by Crippen LogP contribution is 2.29. The second-order valence-corrected chi connectivity index (χ2v) is 10.4. The molecule has 3 aromatic rings. The fraction of sp³-hybridized carbons (Fsp3) is 0.452. The molecule has 2 atom stereocenters. The number of hydrogen-bond acceptors (Lipinski definition) is 4. The summed E-state index contributed by atoms with van der Waals surface area (Å²) in [5, 5.41) is 5.65. The molecule has 0 spiro atoms. The Hall–Kier alpha value is -2.89. The Kier molecular flexibility index (Phi) is 8.19. The van der Waals surface area contributed by atoms with E-state index in [0.717, 1.165) is 44.6 Å². The normalized spacial score (nSPS) is 19.8. The lowest BCUT2D eigenvalue weighted by Crippen LogP contribution is -2.47. The lowest BCUT2D eigenvalue weighted by atomic mass is 9.88. The van der Waals surface area contributed by atoms with E-state index in [9.17, 15) is 4.79 Å². The molecule has 5 heteroatoms. The van der Waals surface area contributed by atoms with Gasteiger partial charge in [0.2, 0.25) is 5.91 Å². The summed E-state index contributed by atoms with van der Waals surface area (Å²) >= 11 is 0. The van der Waals surface area contributed by atoms with Gasteiger partial charge >= 0.3 is 0 Å². The molecule has 0 saturated carbocycles. The van der Waals surface area contributed by atoms with Gasteiger partial charge in [-0.05, 0) is 77.8 Å². The van der Waals surface area contributed by atoms with Gasteiger partial charge in [0.1, 0.15) is 5.75 Å². The number of carbonyl (C=O) groups is 1. The van der Waals surface area contributed by atoms with E-state index in [4.69, 9.17) is 9.47 Å². The molecule has 1 amide bonds.